The zero-order valence-corrected chi connectivity index (χ0v) is 14.7. The summed E-state index contributed by atoms with van der Waals surface area (Å²) in [6.07, 6.45) is 4.11. The van der Waals surface area contributed by atoms with Crippen molar-refractivity contribution in [2.24, 2.45) is 7.05 Å². The largest absolute Gasteiger partial charge is 0.312 e. The molecule has 1 aromatic heterocycles. The molecule has 0 aliphatic carbocycles. The van der Waals surface area contributed by atoms with Gasteiger partial charge >= 0.3 is 0 Å². The van der Waals surface area contributed by atoms with Crippen molar-refractivity contribution in [3.05, 3.63) is 41.7 Å². The standard InChI is InChI=1S/C16H20N4O3S/c1-12(21)20-7-6-14-8-15(4-5-16(14)20)24(22,23)19(3)11-13-9-17-18(2)10-13/h4-5,8-10H,6-7,11H2,1-3H3. The van der Waals surface area contributed by atoms with Crippen molar-refractivity contribution in [1.29, 1.82) is 0 Å². The van der Waals surface area contributed by atoms with Gasteiger partial charge in [-0.1, -0.05) is 0 Å². The lowest BCUT2D eigenvalue weighted by atomic mass is 10.2. The molecule has 1 aliphatic rings. The predicted molar refractivity (Wildman–Crippen MR) is 90.0 cm³/mol. The third kappa shape index (κ3) is 2.94. The number of fused-ring (bicyclic) bond motifs is 1. The van der Waals surface area contributed by atoms with Gasteiger partial charge in [-0.15, -0.1) is 0 Å². The molecule has 0 radical (unpaired) electrons. The lowest BCUT2D eigenvalue weighted by molar-refractivity contribution is -0.116. The number of benzene rings is 1. The van der Waals surface area contributed by atoms with Gasteiger partial charge in [0, 0.05) is 51.6 Å². The van der Waals surface area contributed by atoms with Crippen molar-refractivity contribution < 1.29 is 13.2 Å². The lowest BCUT2D eigenvalue weighted by Crippen LogP contribution is -2.27. The van der Waals surface area contributed by atoms with Crippen molar-refractivity contribution in [2.75, 3.05) is 18.5 Å². The molecule has 0 N–H and O–H groups in total. The third-order valence-electron chi connectivity index (χ3n) is 4.20. The number of hydrogen-bond acceptors (Lipinski definition) is 4. The van der Waals surface area contributed by atoms with E-state index in [1.54, 1.807) is 54.3 Å². The number of nitrogens with zero attached hydrogens (tertiary/aromatic N) is 4. The molecular weight excluding hydrogens is 328 g/mol. The second-order valence-corrected chi connectivity index (χ2v) is 8.04. The molecule has 7 nitrogen and oxygen atoms in total. The summed E-state index contributed by atoms with van der Waals surface area (Å²) in [5.74, 6) is -0.0296. The van der Waals surface area contributed by atoms with E-state index >= 15 is 0 Å². The van der Waals surface area contributed by atoms with Gasteiger partial charge < -0.3 is 4.90 Å². The highest BCUT2D eigenvalue weighted by atomic mass is 32.2. The van der Waals surface area contributed by atoms with E-state index in [-0.39, 0.29) is 17.3 Å². The number of carbonyl (C=O) groups excluding carboxylic acids is 1. The first-order chi connectivity index (χ1) is 11.3. The summed E-state index contributed by atoms with van der Waals surface area (Å²) in [6.45, 7) is 2.37. The van der Waals surface area contributed by atoms with E-state index in [4.69, 9.17) is 0 Å². The van der Waals surface area contributed by atoms with Crippen LogP contribution in [0.1, 0.15) is 18.1 Å². The van der Waals surface area contributed by atoms with Crippen LogP contribution in [-0.2, 0) is 34.8 Å². The first kappa shape index (κ1) is 16.7. The summed E-state index contributed by atoms with van der Waals surface area (Å²) in [6, 6.07) is 4.96. The average molecular weight is 348 g/mol. The Morgan fingerprint density at radius 3 is 2.75 bits per heavy atom. The molecule has 0 spiro atoms. The molecule has 8 heteroatoms. The van der Waals surface area contributed by atoms with Crippen molar-refractivity contribution >= 4 is 21.6 Å². The van der Waals surface area contributed by atoms with Gasteiger partial charge in [0.15, 0.2) is 0 Å². The minimum Gasteiger partial charge on any atom is -0.312 e. The fourth-order valence-corrected chi connectivity index (χ4v) is 4.15. The maximum absolute atomic E-state index is 12.8. The number of hydrogen-bond donors (Lipinski definition) is 0. The van der Waals surface area contributed by atoms with E-state index in [9.17, 15) is 13.2 Å². The highest BCUT2D eigenvalue weighted by Gasteiger charge is 2.27. The normalized spacial score (nSPS) is 14.2. The predicted octanol–water partition coefficient (Wildman–Crippen LogP) is 1.15. The minimum atomic E-state index is -3.59. The second-order valence-electron chi connectivity index (χ2n) is 5.99. The van der Waals surface area contributed by atoms with E-state index < -0.39 is 10.0 Å². The number of aromatic nitrogens is 2. The minimum absolute atomic E-state index is 0.0296. The van der Waals surface area contributed by atoms with Crippen LogP contribution in [0.4, 0.5) is 5.69 Å². The lowest BCUT2D eigenvalue weighted by Gasteiger charge is -2.18. The van der Waals surface area contributed by atoms with Gasteiger partial charge in [-0.25, -0.2) is 8.42 Å². The molecule has 1 aromatic carbocycles. The maximum Gasteiger partial charge on any atom is 0.243 e. The summed E-state index contributed by atoms with van der Waals surface area (Å²) in [5, 5.41) is 4.05. The zero-order chi connectivity index (χ0) is 17.5. The Balaban J connectivity index is 1.86. The van der Waals surface area contributed by atoms with Gasteiger partial charge in [0.2, 0.25) is 15.9 Å². The fraction of sp³-hybridized carbons (Fsp3) is 0.375. The van der Waals surface area contributed by atoms with Crippen molar-refractivity contribution in [3.63, 3.8) is 0 Å². The zero-order valence-electron chi connectivity index (χ0n) is 13.9. The van der Waals surface area contributed by atoms with E-state index in [1.165, 1.54) is 11.2 Å². The van der Waals surface area contributed by atoms with Crippen LogP contribution in [0, 0.1) is 0 Å². The molecule has 1 amide bonds. The van der Waals surface area contributed by atoms with E-state index in [2.05, 4.69) is 5.10 Å². The molecule has 2 heterocycles. The monoisotopic (exact) mass is 348 g/mol. The van der Waals surface area contributed by atoms with Crippen molar-refractivity contribution in [1.82, 2.24) is 14.1 Å². The van der Waals surface area contributed by atoms with E-state index in [0.29, 0.717) is 13.0 Å². The first-order valence-electron chi connectivity index (χ1n) is 7.64. The highest BCUT2D eigenvalue weighted by Crippen LogP contribution is 2.31. The SMILES string of the molecule is CC(=O)N1CCc2cc(S(=O)(=O)N(C)Cc3cnn(C)c3)ccc21. The maximum atomic E-state index is 12.8. The molecule has 24 heavy (non-hydrogen) atoms. The first-order valence-corrected chi connectivity index (χ1v) is 9.08. The molecule has 0 saturated heterocycles. The molecule has 128 valence electrons. The van der Waals surface area contributed by atoms with Gasteiger partial charge in [0.1, 0.15) is 0 Å². The van der Waals surface area contributed by atoms with Gasteiger partial charge in [-0.2, -0.15) is 9.40 Å². The van der Waals surface area contributed by atoms with Gasteiger partial charge in [0.25, 0.3) is 0 Å². The Bertz CT molecular complexity index is 888. The summed E-state index contributed by atoms with van der Waals surface area (Å²) in [5.41, 5.74) is 2.52. The Morgan fingerprint density at radius 2 is 2.12 bits per heavy atom. The Labute approximate surface area is 141 Å². The van der Waals surface area contributed by atoms with Crippen LogP contribution in [-0.4, -0.2) is 42.0 Å². The summed E-state index contributed by atoms with van der Waals surface area (Å²) in [4.78, 5) is 13.5. The van der Waals surface area contributed by atoms with Crippen LogP contribution >= 0.6 is 0 Å². The van der Waals surface area contributed by atoms with Crippen molar-refractivity contribution in [3.8, 4) is 0 Å². The Kier molecular flexibility index (Phi) is 4.18. The highest BCUT2D eigenvalue weighted by molar-refractivity contribution is 7.89. The van der Waals surface area contributed by atoms with E-state index in [1.807, 2.05) is 0 Å². The number of amides is 1. The molecule has 1 aliphatic heterocycles. The summed E-state index contributed by atoms with van der Waals surface area (Å²) in [7, 11) is -0.250. The number of anilines is 1. The van der Waals surface area contributed by atoms with Crippen molar-refractivity contribution in [2.45, 2.75) is 24.8 Å². The molecule has 0 bridgehead atoms. The number of carbonyl (C=O) groups is 1. The summed E-state index contributed by atoms with van der Waals surface area (Å²) >= 11 is 0. The number of sulfonamides is 1. The van der Waals surface area contributed by atoms with E-state index in [0.717, 1.165) is 16.8 Å². The molecule has 0 atom stereocenters. The smallest absolute Gasteiger partial charge is 0.243 e. The van der Waals surface area contributed by atoms with Crippen LogP contribution in [0.3, 0.4) is 0 Å². The molecule has 0 fully saturated rings. The Hall–Kier alpha value is -2.19. The third-order valence-corrected chi connectivity index (χ3v) is 6.00. The van der Waals surface area contributed by atoms with Crippen LogP contribution in [0.2, 0.25) is 0 Å². The molecular formula is C16H20N4O3S. The van der Waals surface area contributed by atoms with Gasteiger partial charge in [-0.05, 0) is 30.2 Å². The molecule has 0 unspecified atom stereocenters. The molecule has 2 aromatic rings. The molecule has 3 rings (SSSR count). The van der Waals surface area contributed by atoms with Gasteiger partial charge in [0.05, 0.1) is 11.1 Å². The van der Waals surface area contributed by atoms with Crippen LogP contribution in [0.25, 0.3) is 0 Å². The van der Waals surface area contributed by atoms with Crippen LogP contribution in [0.5, 0.6) is 0 Å². The average Bonchev–Trinajstić information content (AvgIpc) is 3.12. The topological polar surface area (TPSA) is 75.5 Å². The quantitative estimate of drug-likeness (QED) is 0.831. The molecule has 0 saturated carbocycles. The fourth-order valence-electron chi connectivity index (χ4n) is 2.94. The second kappa shape index (κ2) is 6.03. The number of aryl methyl sites for hydroxylation is 1. The van der Waals surface area contributed by atoms with Crippen LogP contribution < -0.4 is 4.90 Å². The van der Waals surface area contributed by atoms with Gasteiger partial charge in [-0.3, -0.25) is 9.48 Å². The van der Waals surface area contributed by atoms with Crippen LogP contribution in [0.15, 0.2) is 35.5 Å². The Morgan fingerprint density at radius 1 is 1.38 bits per heavy atom. The number of rotatable bonds is 4. The summed E-state index contributed by atoms with van der Waals surface area (Å²) < 4.78 is 28.5.